The highest BCUT2D eigenvalue weighted by molar-refractivity contribution is 5.37. The number of hydrogen-bond donors (Lipinski definition) is 1. The first kappa shape index (κ1) is 13.7. The molecule has 2 nitrogen and oxygen atoms in total. The van der Waals surface area contributed by atoms with Gasteiger partial charge in [0.2, 0.25) is 0 Å². The minimum atomic E-state index is -4.65. The minimum absolute atomic E-state index is 0.0682. The van der Waals surface area contributed by atoms with E-state index in [0.717, 1.165) is 24.7 Å². The highest BCUT2D eigenvalue weighted by Crippen LogP contribution is 2.57. The van der Waals surface area contributed by atoms with Gasteiger partial charge in [-0.1, -0.05) is 18.2 Å². The third-order valence-electron chi connectivity index (χ3n) is 4.54. The van der Waals surface area contributed by atoms with Crippen LogP contribution in [0.2, 0.25) is 0 Å². The van der Waals surface area contributed by atoms with Crippen LogP contribution < -0.4 is 10.1 Å². The Morgan fingerprint density at radius 3 is 2.40 bits per heavy atom. The number of fused-ring (bicyclic) bond motifs is 1. The van der Waals surface area contributed by atoms with E-state index in [2.05, 4.69) is 10.1 Å². The third kappa shape index (κ3) is 2.77. The molecule has 3 rings (SSSR count). The Balaban J connectivity index is 1.83. The first-order valence-electron chi connectivity index (χ1n) is 7.00. The Bertz CT molecular complexity index is 478. The Hall–Kier alpha value is -1.23. The summed E-state index contributed by atoms with van der Waals surface area (Å²) in [5.74, 6) is 1.92. The Kier molecular flexibility index (Phi) is 3.40. The molecule has 1 N–H and O–H groups in total. The molecule has 1 aromatic carbocycles. The minimum Gasteiger partial charge on any atom is -0.405 e. The van der Waals surface area contributed by atoms with Gasteiger partial charge in [0.05, 0.1) is 0 Å². The van der Waals surface area contributed by atoms with Crippen LogP contribution in [0.1, 0.15) is 30.9 Å². The van der Waals surface area contributed by atoms with Crippen LogP contribution >= 0.6 is 0 Å². The van der Waals surface area contributed by atoms with Gasteiger partial charge in [0.25, 0.3) is 0 Å². The first-order chi connectivity index (χ1) is 9.48. The fraction of sp³-hybridized carbons (Fsp3) is 0.600. The van der Waals surface area contributed by atoms with Gasteiger partial charge in [0.1, 0.15) is 5.75 Å². The van der Waals surface area contributed by atoms with E-state index in [1.54, 1.807) is 25.2 Å². The average molecular weight is 285 g/mol. The number of nitrogens with one attached hydrogen (secondary N) is 1. The monoisotopic (exact) mass is 285 g/mol. The summed E-state index contributed by atoms with van der Waals surface area (Å²) in [4.78, 5) is 0. The molecule has 0 radical (unpaired) electrons. The Labute approximate surface area is 116 Å². The van der Waals surface area contributed by atoms with Crippen LogP contribution in [0.4, 0.5) is 13.2 Å². The summed E-state index contributed by atoms with van der Waals surface area (Å²) in [6, 6.07) is 6.39. The molecule has 1 aromatic rings. The molecule has 0 heterocycles. The van der Waals surface area contributed by atoms with E-state index < -0.39 is 6.36 Å². The summed E-state index contributed by atoms with van der Waals surface area (Å²) in [6.45, 7) is 0. The summed E-state index contributed by atoms with van der Waals surface area (Å²) in [5.41, 5.74) is 0.610. The van der Waals surface area contributed by atoms with Crippen LogP contribution in [-0.4, -0.2) is 13.4 Å². The molecule has 0 saturated heterocycles. The van der Waals surface area contributed by atoms with Crippen molar-refractivity contribution in [2.75, 3.05) is 7.05 Å². The maximum atomic E-state index is 12.5. The van der Waals surface area contributed by atoms with E-state index in [9.17, 15) is 13.2 Å². The topological polar surface area (TPSA) is 21.3 Å². The van der Waals surface area contributed by atoms with Crippen molar-refractivity contribution >= 4 is 0 Å². The molecule has 2 saturated carbocycles. The number of halogens is 3. The lowest BCUT2D eigenvalue weighted by Gasteiger charge is -2.27. The fourth-order valence-corrected chi connectivity index (χ4v) is 3.63. The van der Waals surface area contributed by atoms with E-state index in [0.29, 0.717) is 11.5 Å². The number of para-hydroxylation sites is 1. The van der Waals surface area contributed by atoms with Crippen LogP contribution in [-0.2, 0) is 0 Å². The van der Waals surface area contributed by atoms with Crippen molar-refractivity contribution in [2.45, 2.75) is 31.7 Å². The molecule has 0 aliphatic heterocycles. The number of ether oxygens (including phenoxy) is 1. The normalized spacial score (nSPS) is 29.9. The number of rotatable bonds is 4. The highest BCUT2D eigenvalue weighted by atomic mass is 19.4. The highest BCUT2D eigenvalue weighted by Gasteiger charge is 2.48. The summed E-state index contributed by atoms with van der Waals surface area (Å²) >= 11 is 0. The number of benzene rings is 1. The zero-order valence-electron chi connectivity index (χ0n) is 11.3. The second kappa shape index (κ2) is 4.95. The molecule has 0 aromatic heterocycles. The predicted octanol–water partition coefficient (Wildman–Crippen LogP) is 3.89. The van der Waals surface area contributed by atoms with Gasteiger partial charge < -0.3 is 10.1 Å². The molecule has 110 valence electrons. The zero-order chi connectivity index (χ0) is 14.3. The van der Waals surface area contributed by atoms with Gasteiger partial charge in [-0.15, -0.1) is 13.2 Å². The summed E-state index contributed by atoms with van der Waals surface area (Å²) in [5, 5.41) is 3.18. The zero-order valence-corrected chi connectivity index (χ0v) is 11.3. The predicted molar refractivity (Wildman–Crippen MR) is 69.2 cm³/mol. The molecule has 5 heteroatoms. The lowest BCUT2D eigenvalue weighted by molar-refractivity contribution is -0.275. The second-order valence-electron chi connectivity index (χ2n) is 5.84. The average Bonchev–Trinajstić information content (AvgIpc) is 2.98. The van der Waals surface area contributed by atoms with Crippen molar-refractivity contribution in [1.82, 2.24) is 5.32 Å². The van der Waals surface area contributed by atoms with Gasteiger partial charge in [-0.25, -0.2) is 0 Å². The van der Waals surface area contributed by atoms with Crippen LogP contribution in [0.5, 0.6) is 5.75 Å². The lowest BCUT2D eigenvalue weighted by atomic mass is 9.89. The van der Waals surface area contributed by atoms with Gasteiger partial charge >= 0.3 is 6.36 Å². The molecule has 0 spiro atoms. The molecule has 2 aliphatic rings. The molecule has 2 fully saturated rings. The quantitative estimate of drug-likeness (QED) is 0.906. The van der Waals surface area contributed by atoms with E-state index in [4.69, 9.17) is 0 Å². The molecule has 20 heavy (non-hydrogen) atoms. The Morgan fingerprint density at radius 2 is 1.80 bits per heavy atom. The largest absolute Gasteiger partial charge is 0.573 e. The molecular formula is C15H18F3NO. The van der Waals surface area contributed by atoms with Gasteiger partial charge in [-0.3, -0.25) is 0 Å². The maximum Gasteiger partial charge on any atom is 0.573 e. The maximum absolute atomic E-state index is 12.5. The van der Waals surface area contributed by atoms with E-state index in [-0.39, 0.29) is 11.8 Å². The van der Waals surface area contributed by atoms with Gasteiger partial charge in [-0.05, 0) is 50.1 Å². The van der Waals surface area contributed by atoms with Gasteiger partial charge in [0, 0.05) is 11.6 Å². The molecule has 2 aliphatic carbocycles. The molecular weight excluding hydrogens is 267 g/mol. The van der Waals surface area contributed by atoms with Crippen LogP contribution in [0.15, 0.2) is 24.3 Å². The van der Waals surface area contributed by atoms with E-state index >= 15 is 0 Å². The standard InChI is InChI=1S/C15H18F3NO/c1-19-14(11-7-9-6-10(9)8-11)12-4-2-3-5-13(12)20-15(16,17)18/h2-5,9-11,14,19H,6-8H2,1H3. The van der Waals surface area contributed by atoms with Crippen molar-refractivity contribution in [3.05, 3.63) is 29.8 Å². The van der Waals surface area contributed by atoms with E-state index in [1.807, 2.05) is 0 Å². The van der Waals surface area contributed by atoms with Gasteiger partial charge in [-0.2, -0.15) is 0 Å². The van der Waals surface area contributed by atoms with Gasteiger partial charge in [0.15, 0.2) is 0 Å². The molecule has 0 amide bonds. The van der Waals surface area contributed by atoms with Crippen molar-refractivity contribution in [3.63, 3.8) is 0 Å². The Morgan fingerprint density at radius 1 is 1.15 bits per heavy atom. The van der Waals surface area contributed by atoms with Crippen LogP contribution in [0, 0.1) is 17.8 Å². The second-order valence-corrected chi connectivity index (χ2v) is 5.84. The summed E-state index contributed by atoms with van der Waals surface area (Å²) < 4.78 is 41.7. The summed E-state index contributed by atoms with van der Waals surface area (Å²) in [7, 11) is 1.80. The molecule has 3 unspecified atom stereocenters. The lowest BCUT2D eigenvalue weighted by Crippen LogP contribution is -2.26. The van der Waals surface area contributed by atoms with Crippen LogP contribution in [0.25, 0.3) is 0 Å². The smallest absolute Gasteiger partial charge is 0.405 e. The molecule has 0 bridgehead atoms. The SMILES string of the molecule is CNC(c1ccccc1OC(F)(F)F)C1CC2CC2C1. The summed E-state index contributed by atoms with van der Waals surface area (Å²) in [6.07, 6.45) is -1.13. The third-order valence-corrected chi connectivity index (χ3v) is 4.54. The molecule has 3 atom stereocenters. The fourth-order valence-electron chi connectivity index (χ4n) is 3.63. The van der Waals surface area contributed by atoms with Crippen molar-refractivity contribution in [1.29, 1.82) is 0 Å². The number of alkyl halides is 3. The number of hydrogen-bond acceptors (Lipinski definition) is 2. The van der Waals surface area contributed by atoms with Crippen molar-refractivity contribution in [3.8, 4) is 5.75 Å². The van der Waals surface area contributed by atoms with E-state index in [1.165, 1.54) is 12.5 Å². The van der Waals surface area contributed by atoms with Crippen LogP contribution in [0.3, 0.4) is 0 Å². The first-order valence-corrected chi connectivity index (χ1v) is 7.00. The van der Waals surface area contributed by atoms with Crippen molar-refractivity contribution < 1.29 is 17.9 Å². The van der Waals surface area contributed by atoms with Crippen molar-refractivity contribution in [2.24, 2.45) is 17.8 Å².